The van der Waals surface area contributed by atoms with Crippen LogP contribution in [0.1, 0.15) is 35.0 Å². The maximum absolute atomic E-state index is 12.9. The van der Waals surface area contributed by atoms with Crippen LogP contribution in [0.3, 0.4) is 0 Å². The first-order chi connectivity index (χ1) is 13.7. The standard InChI is InChI=1S/C21H28N4O3S/c1-15-19(16(2)25(22-15)18-9-11-29(27,28)14-18)12-23(3)13-21(26)24-10-8-17-6-4-5-7-20(17)24/h4-7,18H,8-14H2,1-3H3/p+1/t18-/m0/s1. The molecule has 29 heavy (non-hydrogen) atoms. The third-order valence-electron chi connectivity index (χ3n) is 6.15. The Morgan fingerprint density at radius 1 is 1.28 bits per heavy atom. The molecule has 1 amide bonds. The van der Waals surface area contributed by atoms with Gasteiger partial charge < -0.3 is 9.80 Å². The van der Waals surface area contributed by atoms with Crippen molar-refractivity contribution in [2.75, 3.05) is 36.5 Å². The first-order valence-corrected chi connectivity index (χ1v) is 12.0. The number of aryl methyl sites for hydroxylation is 1. The van der Waals surface area contributed by atoms with E-state index in [0.717, 1.165) is 40.5 Å². The van der Waals surface area contributed by atoms with Gasteiger partial charge in [-0.05, 0) is 38.3 Å². The van der Waals surface area contributed by atoms with Crippen LogP contribution in [0.4, 0.5) is 5.69 Å². The minimum Gasteiger partial charge on any atom is -0.326 e. The highest BCUT2D eigenvalue weighted by Gasteiger charge is 2.32. The summed E-state index contributed by atoms with van der Waals surface area (Å²) in [6.07, 6.45) is 1.54. The number of anilines is 1. The van der Waals surface area contributed by atoms with Gasteiger partial charge in [-0.2, -0.15) is 5.10 Å². The smallest absolute Gasteiger partial charge is 0.282 e. The number of hydrogen-bond donors (Lipinski definition) is 1. The summed E-state index contributed by atoms with van der Waals surface area (Å²) in [5.41, 5.74) is 5.32. The summed E-state index contributed by atoms with van der Waals surface area (Å²) in [6, 6.07) is 8.02. The number of sulfone groups is 1. The molecule has 2 aliphatic rings. The van der Waals surface area contributed by atoms with Gasteiger partial charge in [-0.25, -0.2) is 8.42 Å². The van der Waals surface area contributed by atoms with Crippen molar-refractivity contribution < 1.29 is 18.1 Å². The normalized spacial score (nSPS) is 21.3. The minimum atomic E-state index is -2.95. The van der Waals surface area contributed by atoms with Gasteiger partial charge in [0, 0.05) is 17.9 Å². The van der Waals surface area contributed by atoms with Gasteiger partial charge in [0.1, 0.15) is 6.54 Å². The van der Waals surface area contributed by atoms with Crippen molar-refractivity contribution >= 4 is 21.4 Å². The molecular formula is C21H29N4O3S+. The number of aromatic nitrogens is 2. The Morgan fingerprint density at radius 2 is 2.03 bits per heavy atom. The van der Waals surface area contributed by atoms with E-state index >= 15 is 0 Å². The Bertz CT molecular complexity index is 1040. The predicted molar refractivity (Wildman–Crippen MR) is 112 cm³/mol. The summed E-state index contributed by atoms with van der Waals surface area (Å²) in [4.78, 5) is 15.9. The lowest BCUT2D eigenvalue weighted by atomic mass is 10.1. The fourth-order valence-corrected chi connectivity index (χ4v) is 6.28. The molecule has 1 N–H and O–H groups in total. The van der Waals surface area contributed by atoms with Crippen molar-refractivity contribution in [1.82, 2.24) is 9.78 Å². The van der Waals surface area contributed by atoms with Crippen molar-refractivity contribution in [2.45, 2.75) is 39.3 Å². The van der Waals surface area contributed by atoms with Crippen LogP contribution in [-0.4, -0.2) is 55.7 Å². The summed E-state index contributed by atoms with van der Waals surface area (Å²) in [7, 11) is -0.929. The van der Waals surface area contributed by atoms with Crippen molar-refractivity contribution in [2.24, 2.45) is 0 Å². The molecular weight excluding hydrogens is 388 g/mol. The molecule has 0 radical (unpaired) electrons. The molecule has 3 heterocycles. The lowest BCUT2D eigenvalue weighted by Crippen LogP contribution is -3.09. The molecule has 0 bridgehead atoms. The van der Waals surface area contributed by atoms with E-state index in [4.69, 9.17) is 0 Å². The summed E-state index contributed by atoms with van der Waals surface area (Å²) in [6.45, 7) is 5.83. The first kappa shape index (κ1) is 20.1. The maximum Gasteiger partial charge on any atom is 0.282 e. The molecule has 0 spiro atoms. The molecule has 0 saturated carbocycles. The highest BCUT2D eigenvalue weighted by atomic mass is 32.2. The Labute approximate surface area is 172 Å². The molecule has 1 fully saturated rings. The van der Waals surface area contributed by atoms with Crippen LogP contribution in [-0.2, 0) is 27.6 Å². The van der Waals surface area contributed by atoms with Crippen LogP contribution in [0.5, 0.6) is 0 Å². The number of para-hydroxylation sites is 1. The number of hydrogen-bond acceptors (Lipinski definition) is 4. The number of benzene rings is 1. The highest BCUT2D eigenvalue weighted by molar-refractivity contribution is 7.91. The lowest BCUT2D eigenvalue weighted by Gasteiger charge is -2.20. The third kappa shape index (κ3) is 3.96. The third-order valence-corrected chi connectivity index (χ3v) is 7.90. The largest absolute Gasteiger partial charge is 0.326 e. The van der Waals surface area contributed by atoms with Gasteiger partial charge in [0.2, 0.25) is 0 Å². The van der Waals surface area contributed by atoms with E-state index < -0.39 is 9.84 Å². The van der Waals surface area contributed by atoms with E-state index in [2.05, 4.69) is 11.2 Å². The summed E-state index contributed by atoms with van der Waals surface area (Å²) in [5.74, 6) is 0.545. The molecule has 1 saturated heterocycles. The van der Waals surface area contributed by atoms with Gasteiger partial charge in [-0.1, -0.05) is 18.2 Å². The summed E-state index contributed by atoms with van der Waals surface area (Å²) >= 11 is 0. The number of nitrogens with zero attached hydrogens (tertiary/aromatic N) is 3. The molecule has 1 unspecified atom stereocenters. The minimum absolute atomic E-state index is 0.0736. The van der Waals surface area contributed by atoms with Crippen molar-refractivity contribution in [3.63, 3.8) is 0 Å². The van der Waals surface area contributed by atoms with Gasteiger partial charge in [0.15, 0.2) is 16.4 Å². The number of amides is 1. The summed E-state index contributed by atoms with van der Waals surface area (Å²) in [5, 5.41) is 4.64. The average Bonchev–Trinajstić information content (AvgIpc) is 3.33. The van der Waals surface area contributed by atoms with E-state index in [0.29, 0.717) is 19.5 Å². The Morgan fingerprint density at radius 3 is 2.76 bits per heavy atom. The molecule has 4 rings (SSSR count). The molecule has 7 nitrogen and oxygen atoms in total. The molecule has 0 aliphatic carbocycles. The molecule has 1 aromatic carbocycles. The molecule has 2 aromatic rings. The van der Waals surface area contributed by atoms with Gasteiger partial charge in [0.05, 0.1) is 35.9 Å². The van der Waals surface area contributed by atoms with E-state index in [1.165, 1.54) is 5.56 Å². The van der Waals surface area contributed by atoms with Gasteiger partial charge >= 0.3 is 0 Å². The molecule has 2 aliphatic heterocycles. The zero-order valence-electron chi connectivity index (χ0n) is 17.3. The van der Waals surface area contributed by atoms with Crippen LogP contribution in [0.2, 0.25) is 0 Å². The molecule has 1 aromatic heterocycles. The van der Waals surface area contributed by atoms with Crippen molar-refractivity contribution in [1.29, 1.82) is 0 Å². The fraction of sp³-hybridized carbons (Fsp3) is 0.524. The second-order valence-corrected chi connectivity index (χ2v) is 10.6. The number of rotatable bonds is 5. The Kier molecular flexibility index (Phi) is 5.25. The number of quaternary nitrogens is 1. The number of likely N-dealkylation sites (N-methyl/N-ethyl adjacent to an activating group) is 1. The second-order valence-electron chi connectivity index (χ2n) is 8.39. The number of carbonyl (C=O) groups is 1. The number of fused-ring (bicyclic) bond motifs is 1. The Hall–Kier alpha value is -2.19. The predicted octanol–water partition coefficient (Wildman–Crippen LogP) is 0.464. The van der Waals surface area contributed by atoms with Crippen LogP contribution >= 0.6 is 0 Å². The zero-order chi connectivity index (χ0) is 20.8. The lowest BCUT2D eigenvalue weighted by molar-refractivity contribution is -0.885. The van der Waals surface area contributed by atoms with Crippen LogP contribution < -0.4 is 9.80 Å². The monoisotopic (exact) mass is 417 g/mol. The Balaban J connectivity index is 1.44. The van der Waals surface area contributed by atoms with E-state index in [1.807, 2.05) is 48.7 Å². The quantitative estimate of drug-likeness (QED) is 0.767. The van der Waals surface area contributed by atoms with Crippen LogP contribution in [0.25, 0.3) is 0 Å². The molecule has 2 atom stereocenters. The van der Waals surface area contributed by atoms with Gasteiger partial charge in [0.25, 0.3) is 5.91 Å². The maximum atomic E-state index is 12.9. The van der Waals surface area contributed by atoms with Crippen LogP contribution in [0.15, 0.2) is 24.3 Å². The summed E-state index contributed by atoms with van der Waals surface area (Å²) < 4.78 is 25.6. The van der Waals surface area contributed by atoms with Crippen LogP contribution in [0, 0.1) is 13.8 Å². The van der Waals surface area contributed by atoms with E-state index in [-0.39, 0.29) is 23.5 Å². The van der Waals surface area contributed by atoms with Gasteiger partial charge in [-0.15, -0.1) is 0 Å². The second kappa shape index (κ2) is 7.57. The van der Waals surface area contributed by atoms with E-state index in [1.54, 1.807) is 0 Å². The molecule has 156 valence electrons. The van der Waals surface area contributed by atoms with Gasteiger partial charge in [-0.3, -0.25) is 9.48 Å². The van der Waals surface area contributed by atoms with E-state index in [9.17, 15) is 13.2 Å². The highest BCUT2D eigenvalue weighted by Crippen LogP contribution is 2.28. The number of nitrogens with one attached hydrogen (secondary N) is 1. The molecule has 8 heteroatoms. The average molecular weight is 418 g/mol. The first-order valence-electron chi connectivity index (χ1n) is 10.2. The zero-order valence-corrected chi connectivity index (χ0v) is 18.1. The van der Waals surface area contributed by atoms with Crippen molar-refractivity contribution in [3.05, 3.63) is 46.8 Å². The fourth-order valence-electron chi connectivity index (χ4n) is 4.59. The SMILES string of the molecule is Cc1nn([C@H]2CCS(=O)(=O)C2)c(C)c1C[NH+](C)CC(=O)N1CCc2ccccc21. The van der Waals surface area contributed by atoms with Crippen molar-refractivity contribution in [3.8, 4) is 0 Å². The number of carbonyl (C=O) groups excluding carboxylic acids is 1. The topological polar surface area (TPSA) is 76.7 Å².